The molecule has 2 aliphatic heterocycles. The van der Waals surface area contributed by atoms with Crippen LogP contribution in [0.15, 0.2) is 46.8 Å². The van der Waals surface area contributed by atoms with Crippen LogP contribution in [-0.2, 0) is 31.4 Å². The highest BCUT2D eigenvalue weighted by atomic mass is 35.5. The highest BCUT2D eigenvalue weighted by Crippen LogP contribution is 2.46. The molecular formula is C32H39ClN3O4S-. The Hall–Kier alpha value is -2.42. The van der Waals surface area contributed by atoms with E-state index < -0.39 is 16.5 Å². The molecule has 2 aromatic rings. The fraction of sp³-hybridized carbons (Fsp3) is 0.562. The predicted molar refractivity (Wildman–Crippen MR) is 162 cm³/mol. The summed E-state index contributed by atoms with van der Waals surface area (Å²) in [4.78, 5) is 20.4. The summed E-state index contributed by atoms with van der Waals surface area (Å²) in [6.45, 7) is 5.99. The van der Waals surface area contributed by atoms with Crippen molar-refractivity contribution in [3.63, 3.8) is 0 Å². The van der Waals surface area contributed by atoms with Crippen LogP contribution >= 0.6 is 11.6 Å². The Morgan fingerprint density at radius 2 is 2.05 bits per heavy atom. The fourth-order valence-electron chi connectivity index (χ4n) is 7.06. The van der Waals surface area contributed by atoms with Crippen molar-refractivity contribution in [2.45, 2.75) is 69.1 Å². The Morgan fingerprint density at radius 1 is 1.20 bits per heavy atom. The minimum absolute atomic E-state index is 0.0226. The third-order valence-electron chi connectivity index (χ3n) is 9.85. The summed E-state index contributed by atoms with van der Waals surface area (Å²) in [5, 5.41) is 0.489. The Morgan fingerprint density at radius 3 is 2.83 bits per heavy atom. The largest absolute Gasteiger partial charge is 0.489 e. The van der Waals surface area contributed by atoms with Crippen molar-refractivity contribution in [1.82, 2.24) is 4.98 Å². The maximum atomic E-state index is 13.2. The number of aromatic nitrogens is 1. The molecule has 7 nitrogen and oxygen atoms in total. The molecule has 1 amide bonds. The van der Waals surface area contributed by atoms with E-state index in [1.807, 2.05) is 26.0 Å². The number of hydrogen-bond donors (Lipinski definition) is 0. The average Bonchev–Trinajstić information content (AvgIpc) is 3.10. The van der Waals surface area contributed by atoms with Gasteiger partial charge in [-0.3, -0.25) is 4.79 Å². The van der Waals surface area contributed by atoms with Crippen LogP contribution in [0.2, 0.25) is 5.02 Å². The van der Waals surface area contributed by atoms with Crippen LogP contribution in [0.3, 0.4) is 0 Å². The summed E-state index contributed by atoms with van der Waals surface area (Å²) < 4.78 is 29.6. The van der Waals surface area contributed by atoms with E-state index in [0.717, 1.165) is 56.6 Å². The highest BCUT2D eigenvalue weighted by molar-refractivity contribution is 7.75. The normalized spacial score (nSPS) is 33.0. The van der Waals surface area contributed by atoms with Gasteiger partial charge in [0.05, 0.1) is 12.7 Å². The van der Waals surface area contributed by atoms with Crippen LogP contribution in [0.4, 0.5) is 5.82 Å². The number of pyridine rings is 1. The second-order valence-electron chi connectivity index (χ2n) is 12.3. The second kappa shape index (κ2) is 11.7. The molecule has 3 heterocycles. The first-order valence-electron chi connectivity index (χ1n) is 14.8. The van der Waals surface area contributed by atoms with Crippen molar-refractivity contribution in [2.75, 3.05) is 31.7 Å². The van der Waals surface area contributed by atoms with E-state index in [4.69, 9.17) is 26.1 Å². The number of fused-ring (bicyclic) bond motifs is 4. The Balaban J connectivity index is 1.44. The molecule has 220 valence electrons. The van der Waals surface area contributed by atoms with Crippen molar-refractivity contribution in [2.24, 2.45) is 22.1 Å². The van der Waals surface area contributed by atoms with Gasteiger partial charge < -0.3 is 22.9 Å². The number of nitrogens with zero attached hydrogens (tertiary/aromatic N) is 3. The number of methoxy groups -OCH3 is 1. The molecular weight excluding hydrogens is 558 g/mol. The topological polar surface area (TPSA) is 81.1 Å². The van der Waals surface area contributed by atoms with E-state index in [1.54, 1.807) is 13.2 Å². The molecule has 6 atom stereocenters. The summed E-state index contributed by atoms with van der Waals surface area (Å²) in [5.74, 6) is 1.70. The van der Waals surface area contributed by atoms with Crippen LogP contribution in [-0.4, -0.2) is 49.1 Å². The van der Waals surface area contributed by atoms with E-state index in [2.05, 4.69) is 33.5 Å². The summed E-state index contributed by atoms with van der Waals surface area (Å²) in [5.41, 5.74) is 2.55. The quantitative estimate of drug-likeness (QED) is 0.275. The molecule has 4 aliphatic rings. The van der Waals surface area contributed by atoms with Gasteiger partial charge in [-0.1, -0.05) is 54.8 Å². The zero-order valence-electron chi connectivity index (χ0n) is 24.1. The molecule has 2 bridgehead atoms. The molecule has 1 saturated carbocycles. The van der Waals surface area contributed by atoms with Gasteiger partial charge in [-0.25, -0.2) is 4.98 Å². The third kappa shape index (κ3) is 5.55. The first-order valence-corrected chi connectivity index (χ1v) is 16.4. The molecule has 9 heteroatoms. The average molecular weight is 597 g/mol. The fourth-order valence-corrected chi connectivity index (χ4v) is 8.19. The monoisotopic (exact) mass is 596 g/mol. The van der Waals surface area contributed by atoms with Crippen molar-refractivity contribution in [3.8, 4) is 5.75 Å². The molecule has 41 heavy (non-hydrogen) atoms. The molecule has 1 aromatic carbocycles. The molecule has 1 aromatic heterocycles. The lowest BCUT2D eigenvalue weighted by Crippen LogP contribution is -2.49. The number of allylic oxidation sites excluding steroid dienone is 1. The number of carbonyl (C=O) groups excluding carboxylic acids is 1. The second-order valence-corrected chi connectivity index (χ2v) is 14.3. The molecule has 0 unspecified atom stereocenters. The van der Waals surface area contributed by atoms with E-state index in [0.29, 0.717) is 30.0 Å². The smallest absolute Gasteiger partial charge is 0.272 e. The van der Waals surface area contributed by atoms with Crippen LogP contribution in [0.1, 0.15) is 67.6 Å². The van der Waals surface area contributed by atoms with Gasteiger partial charge in [-0.2, -0.15) is 10.6 Å². The van der Waals surface area contributed by atoms with Crippen molar-refractivity contribution in [3.05, 3.63) is 64.3 Å². The summed E-state index contributed by atoms with van der Waals surface area (Å²) >= 11 is 6.40. The molecule has 6 rings (SSSR count). The van der Waals surface area contributed by atoms with Crippen molar-refractivity contribution in [1.29, 1.82) is 0 Å². The Kier molecular flexibility index (Phi) is 8.18. The van der Waals surface area contributed by atoms with Crippen LogP contribution in [0.25, 0.3) is 0 Å². The number of anilines is 1. The van der Waals surface area contributed by atoms with E-state index in [-0.39, 0.29) is 28.4 Å². The van der Waals surface area contributed by atoms with E-state index >= 15 is 0 Å². The first-order chi connectivity index (χ1) is 19.8. The van der Waals surface area contributed by atoms with Gasteiger partial charge >= 0.3 is 0 Å². The maximum Gasteiger partial charge on any atom is 0.272 e. The van der Waals surface area contributed by atoms with Crippen LogP contribution in [0, 0.1) is 17.8 Å². The lowest BCUT2D eigenvalue weighted by molar-refractivity contribution is 0.0131. The van der Waals surface area contributed by atoms with Gasteiger partial charge in [0.1, 0.15) is 5.69 Å². The molecule has 0 radical (unpaired) electrons. The van der Waals surface area contributed by atoms with E-state index in [9.17, 15) is 9.00 Å². The zero-order chi connectivity index (χ0) is 28.7. The number of ether oxygens (including phenoxy) is 2. The SMILES string of the molecule is CO[C@H]1/C=C/C[C@H](C)[C@@H](C)[S-](=O)=NC(=O)c2ccc3c(n2)N(C[C@@H]2CC[C@H]21)C[C@@]1(CCCc2cc(Cl)ccc21)CO3. The number of halogens is 1. The minimum Gasteiger partial charge on any atom is -0.489 e. The molecule has 1 fully saturated rings. The van der Waals surface area contributed by atoms with Gasteiger partial charge in [0.15, 0.2) is 11.6 Å². The summed E-state index contributed by atoms with van der Waals surface area (Å²) in [6, 6.07) is 9.74. The molecule has 2 aliphatic carbocycles. The third-order valence-corrected chi connectivity index (χ3v) is 11.5. The summed E-state index contributed by atoms with van der Waals surface area (Å²) in [7, 11) is 0.122. The van der Waals surface area contributed by atoms with Gasteiger partial charge in [-0.05, 0) is 85.8 Å². The lowest BCUT2D eigenvalue weighted by atomic mass is 9.68. The standard InChI is InChI=1S/C32H39ClN3O4S/c1-20-6-4-8-28(39-3)25-11-9-23(25)17-36-18-32(15-5-7-22-16-24(33)10-12-26(22)32)19-40-29-14-13-27(34-30(29)36)31(37)35-41(38)21(20)2/h4,8,10,12-14,16,20-21,23,25,28H,5-7,9,11,15,17-19H2,1-3H3/q-1/b8-4+/t20-,21+,23-,25+,28-,32-/m0/s1. The first kappa shape index (κ1) is 28.7. The summed E-state index contributed by atoms with van der Waals surface area (Å²) in [6.07, 6.45) is 10.4. The highest BCUT2D eigenvalue weighted by Gasteiger charge is 2.44. The number of benzene rings is 1. The number of carbonyl (C=O) groups is 1. The Labute approximate surface area is 249 Å². The Bertz CT molecular complexity index is 1440. The van der Waals surface area contributed by atoms with Gasteiger partial charge in [0, 0.05) is 30.6 Å². The number of amides is 1. The molecule has 0 saturated heterocycles. The van der Waals surface area contributed by atoms with Gasteiger partial charge in [0.25, 0.3) is 5.91 Å². The van der Waals surface area contributed by atoms with Gasteiger partial charge in [0.2, 0.25) is 0 Å². The maximum absolute atomic E-state index is 13.2. The van der Waals surface area contributed by atoms with Crippen LogP contribution in [0.5, 0.6) is 5.75 Å². The van der Waals surface area contributed by atoms with Crippen molar-refractivity contribution < 1.29 is 18.5 Å². The predicted octanol–water partition coefficient (Wildman–Crippen LogP) is 6.52. The van der Waals surface area contributed by atoms with Crippen molar-refractivity contribution >= 4 is 33.9 Å². The molecule has 1 spiro atoms. The number of aryl methyl sites for hydroxylation is 1. The lowest BCUT2D eigenvalue weighted by Gasteiger charge is -2.45. The van der Waals surface area contributed by atoms with Gasteiger partial charge in [-0.15, -0.1) is 0 Å². The molecule has 0 N–H and O–H groups in total. The van der Waals surface area contributed by atoms with Crippen LogP contribution < -0.4 is 9.64 Å². The van der Waals surface area contributed by atoms with E-state index in [1.165, 1.54) is 11.1 Å². The minimum atomic E-state index is -1.67. The number of hydrogen-bond acceptors (Lipinski definition) is 7. The number of rotatable bonds is 1. The zero-order valence-corrected chi connectivity index (χ0v) is 25.6.